The van der Waals surface area contributed by atoms with Crippen molar-refractivity contribution in [2.45, 2.75) is 6.42 Å². The van der Waals surface area contributed by atoms with Crippen LogP contribution >= 0.6 is 0 Å². The molecule has 0 amide bonds. The molecule has 0 saturated carbocycles. The van der Waals surface area contributed by atoms with Gasteiger partial charge in [-0.05, 0) is 24.1 Å². The van der Waals surface area contributed by atoms with Crippen molar-refractivity contribution < 1.29 is 0 Å². The first kappa shape index (κ1) is 13.2. The van der Waals surface area contributed by atoms with Gasteiger partial charge in [-0.3, -0.25) is 10.3 Å². The molecule has 5 nitrogen and oxygen atoms in total. The summed E-state index contributed by atoms with van der Waals surface area (Å²) in [6.45, 7) is 0.642. The van der Waals surface area contributed by atoms with Gasteiger partial charge in [-0.25, -0.2) is 4.98 Å². The number of nitrogens with one attached hydrogen (secondary N) is 2. The molecule has 0 aliphatic heterocycles. The average Bonchev–Trinajstić information content (AvgIpc) is 2.90. The zero-order valence-electron chi connectivity index (χ0n) is 11.6. The number of rotatable bonds is 4. The number of anilines is 1. The molecule has 0 aliphatic rings. The lowest BCUT2D eigenvalue weighted by atomic mass is 10.2. The summed E-state index contributed by atoms with van der Waals surface area (Å²) in [6, 6.07) is 18.0. The molecule has 2 aromatic carbocycles. The van der Waals surface area contributed by atoms with Crippen LogP contribution in [0.5, 0.6) is 0 Å². The number of hydrogen-bond acceptors (Lipinski definition) is 2. The maximum atomic E-state index is 5.87. The van der Waals surface area contributed by atoms with E-state index in [1.807, 2.05) is 42.5 Å². The molecule has 5 heteroatoms. The van der Waals surface area contributed by atoms with Gasteiger partial charge in [0.05, 0.1) is 11.0 Å². The monoisotopic (exact) mass is 279 g/mol. The molecule has 1 aromatic heterocycles. The molecular weight excluding hydrogens is 262 g/mol. The number of imidazole rings is 1. The summed E-state index contributed by atoms with van der Waals surface area (Å²) >= 11 is 0. The Hall–Kier alpha value is -2.82. The van der Waals surface area contributed by atoms with Gasteiger partial charge in [-0.2, -0.15) is 0 Å². The van der Waals surface area contributed by atoms with Crippen molar-refractivity contribution in [3.63, 3.8) is 0 Å². The number of hydrogen-bond donors (Lipinski definition) is 3. The molecule has 21 heavy (non-hydrogen) atoms. The first-order chi connectivity index (χ1) is 10.3. The van der Waals surface area contributed by atoms with E-state index in [0.29, 0.717) is 18.5 Å². The van der Waals surface area contributed by atoms with Gasteiger partial charge in [-0.1, -0.05) is 42.5 Å². The number of nitrogens with zero attached hydrogens (tertiary/aromatic N) is 2. The van der Waals surface area contributed by atoms with Crippen molar-refractivity contribution in [1.82, 2.24) is 9.97 Å². The van der Waals surface area contributed by atoms with Gasteiger partial charge in [0.2, 0.25) is 5.95 Å². The molecule has 0 unspecified atom stereocenters. The summed E-state index contributed by atoms with van der Waals surface area (Å²) in [4.78, 5) is 11.9. The number of aromatic nitrogens is 2. The van der Waals surface area contributed by atoms with E-state index in [4.69, 9.17) is 5.73 Å². The van der Waals surface area contributed by atoms with Crippen LogP contribution in [0.3, 0.4) is 0 Å². The third-order valence-corrected chi connectivity index (χ3v) is 3.16. The minimum Gasteiger partial charge on any atom is -0.370 e. The minimum atomic E-state index is 0.366. The molecule has 0 bridgehead atoms. The minimum absolute atomic E-state index is 0.366. The Bertz CT molecular complexity index is 712. The van der Waals surface area contributed by atoms with Gasteiger partial charge < -0.3 is 10.7 Å². The Balaban J connectivity index is 1.60. The molecule has 0 spiro atoms. The van der Waals surface area contributed by atoms with Crippen LogP contribution < -0.4 is 11.1 Å². The Morgan fingerprint density at radius 2 is 1.86 bits per heavy atom. The summed E-state index contributed by atoms with van der Waals surface area (Å²) in [5, 5.41) is 2.98. The smallest absolute Gasteiger partial charge is 0.208 e. The molecule has 0 atom stereocenters. The van der Waals surface area contributed by atoms with Gasteiger partial charge in [0, 0.05) is 6.54 Å². The molecule has 0 fully saturated rings. The van der Waals surface area contributed by atoms with Crippen LogP contribution in [0.15, 0.2) is 59.6 Å². The molecule has 3 aromatic rings. The van der Waals surface area contributed by atoms with Crippen LogP contribution in [0.4, 0.5) is 5.95 Å². The van der Waals surface area contributed by atoms with Gasteiger partial charge in [0.1, 0.15) is 0 Å². The molecule has 3 rings (SSSR count). The van der Waals surface area contributed by atoms with E-state index in [1.54, 1.807) is 0 Å². The number of aliphatic imine (C=N–C) groups is 1. The summed E-state index contributed by atoms with van der Waals surface area (Å²) in [5.74, 6) is 0.974. The van der Waals surface area contributed by atoms with Crippen molar-refractivity contribution in [1.29, 1.82) is 0 Å². The first-order valence-electron chi connectivity index (χ1n) is 6.87. The maximum absolute atomic E-state index is 5.87. The predicted molar refractivity (Wildman–Crippen MR) is 86.4 cm³/mol. The van der Waals surface area contributed by atoms with E-state index in [0.717, 1.165) is 17.5 Å². The second-order valence-corrected chi connectivity index (χ2v) is 4.73. The lowest BCUT2D eigenvalue weighted by Crippen LogP contribution is -2.23. The normalized spacial score (nSPS) is 11.7. The number of H-pyrrole nitrogens is 1. The predicted octanol–water partition coefficient (Wildman–Crippen LogP) is 2.53. The molecular formula is C16H17N5. The highest BCUT2D eigenvalue weighted by atomic mass is 15.2. The lowest BCUT2D eigenvalue weighted by molar-refractivity contribution is 0.964. The first-order valence-corrected chi connectivity index (χ1v) is 6.87. The van der Waals surface area contributed by atoms with Crippen molar-refractivity contribution in [3.05, 3.63) is 60.2 Å². The number of para-hydroxylation sites is 2. The fourth-order valence-corrected chi connectivity index (χ4v) is 2.12. The highest BCUT2D eigenvalue weighted by molar-refractivity contribution is 5.92. The second kappa shape index (κ2) is 6.09. The second-order valence-electron chi connectivity index (χ2n) is 4.73. The maximum Gasteiger partial charge on any atom is 0.208 e. The van der Waals surface area contributed by atoms with Crippen LogP contribution in [0.25, 0.3) is 11.0 Å². The van der Waals surface area contributed by atoms with E-state index in [2.05, 4.69) is 32.4 Å². The SMILES string of the molecule is NC(=NCCc1ccccc1)Nc1nc2ccccc2[nH]1. The van der Waals surface area contributed by atoms with E-state index in [-0.39, 0.29) is 0 Å². The van der Waals surface area contributed by atoms with Crippen molar-refractivity contribution >= 4 is 22.9 Å². The largest absolute Gasteiger partial charge is 0.370 e. The zero-order chi connectivity index (χ0) is 14.5. The summed E-state index contributed by atoms with van der Waals surface area (Å²) in [6.07, 6.45) is 0.864. The number of aromatic amines is 1. The highest BCUT2D eigenvalue weighted by Gasteiger charge is 2.02. The van der Waals surface area contributed by atoms with Crippen molar-refractivity contribution in [2.24, 2.45) is 10.7 Å². The van der Waals surface area contributed by atoms with Crippen molar-refractivity contribution in [3.8, 4) is 0 Å². The Morgan fingerprint density at radius 1 is 1.10 bits per heavy atom. The lowest BCUT2D eigenvalue weighted by Gasteiger charge is -2.02. The van der Waals surface area contributed by atoms with Crippen molar-refractivity contribution in [2.75, 3.05) is 11.9 Å². The molecule has 106 valence electrons. The quantitative estimate of drug-likeness (QED) is 0.507. The highest BCUT2D eigenvalue weighted by Crippen LogP contribution is 2.12. The summed E-state index contributed by atoms with van der Waals surface area (Å²) in [5.41, 5.74) is 8.99. The van der Waals surface area contributed by atoms with Gasteiger partial charge in [0.15, 0.2) is 5.96 Å². The summed E-state index contributed by atoms with van der Waals surface area (Å²) in [7, 11) is 0. The van der Waals surface area contributed by atoms with Crippen LogP contribution in [0, 0.1) is 0 Å². The fraction of sp³-hybridized carbons (Fsp3) is 0.125. The van der Waals surface area contributed by atoms with Gasteiger partial charge in [0.25, 0.3) is 0 Å². The molecule has 0 saturated heterocycles. The number of fused-ring (bicyclic) bond motifs is 1. The molecule has 0 radical (unpaired) electrons. The van der Waals surface area contributed by atoms with Crippen LogP contribution in [-0.4, -0.2) is 22.5 Å². The standard InChI is InChI=1S/C16H17N5/c17-15(18-11-10-12-6-2-1-3-7-12)21-16-19-13-8-4-5-9-14(13)20-16/h1-9H,10-11H2,(H4,17,18,19,20,21). The molecule has 0 aliphatic carbocycles. The fourth-order valence-electron chi connectivity index (χ4n) is 2.12. The van der Waals surface area contributed by atoms with E-state index in [9.17, 15) is 0 Å². The molecule has 4 N–H and O–H groups in total. The van der Waals surface area contributed by atoms with E-state index < -0.39 is 0 Å². The van der Waals surface area contributed by atoms with Gasteiger partial charge in [-0.15, -0.1) is 0 Å². The van der Waals surface area contributed by atoms with E-state index in [1.165, 1.54) is 5.56 Å². The number of nitrogens with two attached hydrogens (primary N) is 1. The Kier molecular flexibility index (Phi) is 3.82. The number of guanidine groups is 1. The average molecular weight is 279 g/mol. The zero-order valence-corrected chi connectivity index (χ0v) is 11.6. The van der Waals surface area contributed by atoms with Crippen LogP contribution in [0.2, 0.25) is 0 Å². The van der Waals surface area contributed by atoms with Crippen LogP contribution in [-0.2, 0) is 6.42 Å². The number of benzene rings is 2. The van der Waals surface area contributed by atoms with Crippen LogP contribution in [0.1, 0.15) is 5.56 Å². The van der Waals surface area contributed by atoms with Gasteiger partial charge >= 0.3 is 0 Å². The Morgan fingerprint density at radius 3 is 2.67 bits per heavy atom. The third-order valence-electron chi connectivity index (χ3n) is 3.16. The van der Waals surface area contributed by atoms with E-state index >= 15 is 0 Å². The molecule has 1 heterocycles. The Labute approximate surface area is 122 Å². The topological polar surface area (TPSA) is 79.1 Å². The summed E-state index contributed by atoms with van der Waals surface area (Å²) < 4.78 is 0. The third kappa shape index (κ3) is 3.39.